The molecule has 0 bridgehead atoms. The number of rotatable bonds is 8. The van der Waals surface area contributed by atoms with Gasteiger partial charge >= 0.3 is 10.3 Å². The number of aliphatic hydroxyl groups is 1. The average molecular weight is 579 g/mol. The van der Waals surface area contributed by atoms with Gasteiger partial charge in [-0.2, -0.15) is 8.42 Å². The van der Waals surface area contributed by atoms with E-state index in [4.69, 9.17) is 21.5 Å². The van der Waals surface area contributed by atoms with Crippen molar-refractivity contribution in [1.29, 1.82) is 0 Å². The van der Waals surface area contributed by atoms with Gasteiger partial charge in [0.15, 0.2) is 0 Å². The van der Waals surface area contributed by atoms with E-state index in [0.29, 0.717) is 40.7 Å². The summed E-state index contributed by atoms with van der Waals surface area (Å²) in [5.41, 5.74) is 2.50. The second-order valence-corrected chi connectivity index (χ2v) is 12.2. The van der Waals surface area contributed by atoms with Crippen molar-refractivity contribution in [3.05, 3.63) is 74.3 Å². The summed E-state index contributed by atoms with van der Waals surface area (Å²) in [7, 11) is -4.10. The minimum Gasteiger partial charge on any atom is -0.393 e. The molecule has 3 heterocycles. The van der Waals surface area contributed by atoms with Crippen molar-refractivity contribution in [2.75, 3.05) is 18.5 Å². The fraction of sp³-hybridized carbons (Fsp3) is 0.400. The Labute approximate surface area is 229 Å². The Morgan fingerprint density at radius 1 is 1.29 bits per heavy atom. The molecule has 4 N–H and O–H groups in total. The number of carbonyl (C=O) groups is 1. The number of halogens is 1. The zero-order valence-electron chi connectivity index (χ0n) is 20.2. The van der Waals surface area contributed by atoms with E-state index in [1.54, 1.807) is 6.07 Å². The highest BCUT2D eigenvalue weighted by Crippen LogP contribution is 2.38. The number of hydrogen-bond donors (Lipinski definition) is 3. The van der Waals surface area contributed by atoms with Crippen molar-refractivity contribution in [2.45, 2.75) is 43.9 Å². The molecule has 1 saturated carbocycles. The fourth-order valence-corrected chi connectivity index (χ4v) is 6.54. The molecule has 1 aromatic carbocycles. The van der Waals surface area contributed by atoms with Crippen LogP contribution in [0.4, 0.5) is 5.82 Å². The first-order valence-electron chi connectivity index (χ1n) is 12.1. The van der Waals surface area contributed by atoms with E-state index in [2.05, 4.69) is 19.5 Å². The van der Waals surface area contributed by atoms with Crippen LogP contribution in [0.1, 0.15) is 56.6 Å². The third-order valence-corrected chi connectivity index (χ3v) is 8.60. The van der Waals surface area contributed by atoms with Crippen molar-refractivity contribution < 1.29 is 27.2 Å². The number of nitrogens with zero attached hydrogens (tertiary/aromatic N) is 2. The van der Waals surface area contributed by atoms with E-state index < -0.39 is 22.3 Å². The lowest BCUT2D eigenvalue weighted by Gasteiger charge is -2.17. The Kier molecular flexibility index (Phi) is 8.10. The predicted octanol–water partition coefficient (Wildman–Crippen LogP) is 3.25. The van der Waals surface area contributed by atoms with Gasteiger partial charge in [-0.25, -0.2) is 15.1 Å². The zero-order chi connectivity index (χ0) is 26.9. The number of ketones is 1. The van der Waals surface area contributed by atoms with Crippen LogP contribution in [-0.4, -0.2) is 54.6 Å². The smallest absolute Gasteiger partial charge is 0.333 e. The Morgan fingerprint density at radius 2 is 2.13 bits per heavy atom. The fourth-order valence-electron chi connectivity index (χ4n) is 4.96. The molecule has 0 amide bonds. The van der Waals surface area contributed by atoms with Crippen molar-refractivity contribution in [3.8, 4) is 0 Å². The molecular weight excluding hydrogens is 552 g/mol. The van der Waals surface area contributed by atoms with Crippen molar-refractivity contribution in [1.82, 2.24) is 9.97 Å². The molecule has 10 nitrogen and oxygen atoms in total. The lowest BCUT2D eigenvalue weighted by molar-refractivity contribution is 0.0865. The largest absolute Gasteiger partial charge is 0.393 e. The molecule has 38 heavy (non-hydrogen) atoms. The monoisotopic (exact) mass is 578 g/mol. The number of aromatic nitrogens is 2. The molecule has 5 rings (SSSR count). The minimum atomic E-state index is -4.10. The van der Waals surface area contributed by atoms with E-state index in [1.807, 2.05) is 24.3 Å². The third-order valence-electron chi connectivity index (χ3n) is 6.78. The molecule has 0 unspecified atom stereocenters. The second kappa shape index (κ2) is 11.3. The SMILES string of the molecule is NS(=O)(=O)OC[C@H]1C[C@@H](Nc2ncncc2C(=O)c2ccc([C@@H]3OCCCc4ccc(Cl)cc43)s2)C[C@@H]1O. The first kappa shape index (κ1) is 27.1. The Morgan fingerprint density at radius 3 is 2.95 bits per heavy atom. The molecule has 13 heteroatoms. The standard InChI is InChI=1S/C25H27ClN4O6S2/c26-16-4-3-14-2-1-7-35-24(18(14)9-16)22-6-5-21(37-22)23(32)19-11-28-13-29-25(19)30-17-8-15(20(31)10-17)12-36-38(27,33)34/h3-6,9,11,13,15,17,20,24,31H,1-2,7-8,10,12H2,(H2,27,33,34)(H,28,29,30)/t15-,17-,20+,24-/m1/s1. The number of nitrogens with two attached hydrogens (primary N) is 1. The summed E-state index contributed by atoms with van der Waals surface area (Å²) >= 11 is 7.64. The molecule has 3 aromatic rings. The summed E-state index contributed by atoms with van der Waals surface area (Å²) in [5, 5.41) is 19.1. The highest BCUT2D eigenvalue weighted by Gasteiger charge is 2.35. The van der Waals surface area contributed by atoms with Crippen LogP contribution < -0.4 is 10.5 Å². The van der Waals surface area contributed by atoms with Gasteiger partial charge in [0.05, 0.1) is 23.2 Å². The number of ether oxygens (including phenoxy) is 1. The molecule has 0 saturated heterocycles. The van der Waals surface area contributed by atoms with Crippen LogP contribution in [0.3, 0.4) is 0 Å². The summed E-state index contributed by atoms with van der Waals surface area (Å²) in [4.78, 5) is 23.3. The number of anilines is 1. The van der Waals surface area contributed by atoms with Crippen molar-refractivity contribution in [2.24, 2.45) is 11.1 Å². The lowest BCUT2D eigenvalue weighted by atomic mass is 9.99. The number of thiophene rings is 1. The first-order valence-corrected chi connectivity index (χ1v) is 14.8. The lowest BCUT2D eigenvalue weighted by Crippen LogP contribution is -2.24. The number of nitrogens with one attached hydrogen (secondary N) is 1. The summed E-state index contributed by atoms with van der Waals surface area (Å²) in [5.74, 6) is -0.326. The minimum absolute atomic E-state index is 0.219. The molecular formula is C25H27ClN4O6S2. The molecule has 0 radical (unpaired) electrons. The van der Waals surface area contributed by atoms with Gasteiger partial charge < -0.3 is 15.2 Å². The van der Waals surface area contributed by atoms with Gasteiger partial charge in [-0.15, -0.1) is 11.3 Å². The summed E-state index contributed by atoms with van der Waals surface area (Å²) in [6.45, 7) is 0.387. The van der Waals surface area contributed by atoms with E-state index in [-0.39, 0.29) is 24.5 Å². The zero-order valence-corrected chi connectivity index (χ0v) is 22.6. The summed E-state index contributed by atoms with van der Waals surface area (Å²) < 4.78 is 33.0. The van der Waals surface area contributed by atoms with Crippen LogP contribution in [-0.2, 0) is 25.6 Å². The van der Waals surface area contributed by atoms with E-state index in [0.717, 1.165) is 23.3 Å². The Balaban J connectivity index is 1.33. The quantitative estimate of drug-likeness (QED) is 0.342. The molecule has 4 atom stereocenters. The number of carbonyl (C=O) groups excluding carboxylic acids is 1. The van der Waals surface area contributed by atoms with E-state index in [9.17, 15) is 18.3 Å². The van der Waals surface area contributed by atoms with Gasteiger partial charge in [0.25, 0.3) is 0 Å². The normalized spacial score (nSPS) is 23.6. The number of aliphatic hydroxyl groups excluding tert-OH is 1. The van der Waals surface area contributed by atoms with Crippen LogP contribution in [0.15, 0.2) is 42.9 Å². The van der Waals surface area contributed by atoms with Crippen molar-refractivity contribution >= 4 is 44.8 Å². The maximum Gasteiger partial charge on any atom is 0.333 e. The van der Waals surface area contributed by atoms with Crippen LogP contribution >= 0.6 is 22.9 Å². The maximum absolute atomic E-state index is 13.5. The van der Waals surface area contributed by atoms with Gasteiger partial charge in [-0.1, -0.05) is 17.7 Å². The molecule has 1 aliphatic heterocycles. The number of fused-ring (bicyclic) bond motifs is 1. The van der Waals surface area contributed by atoms with Crippen LogP contribution in [0.5, 0.6) is 0 Å². The maximum atomic E-state index is 13.5. The molecule has 2 aliphatic rings. The molecule has 1 fully saturated rings. The summed E-state index contributed by atoms with van der Waals surface area (Å²) in [6.07, 6.45) is 4.27. The van der Waals surface area contributed by atoms with Crippen LogP contribution in [0.2, 0.25) is 5.02 Å². The van der Waals surface area contributed by atoms with Gasteiger partial charge in [0.1, 0.15) is 18.2 Å². The topological polar surface area (TPSA) is 154 Å². The first-order chi connectivity index (χ1) is 18.2. The highest BCUT2D eigenvalue weighted by molar-refractivity contribution is 7.84. The van der Waals surface area contributed by atoms with Crippen LogP contribution in [0, 0.1) is 5.92 Å². The van der Waals surface area contributed by atoms with Crippen molar-refractivity contribution in [3.63, 3.8) is 0 Å². The Hall–Kier alpha value is -2.45. The van der Waals surface area contributed by atoms with Gasteiger partial charge in [-0.05, 0) is 61.1 Å². The number of benzene rings is 1. The number of aryl methyl sites for hydroxylation is 1. The average Bonchev–Trinajstić information content (AvgIpc) is 3.44. The molecule has 2 aromatic heterocycles. The van der Waals surface area contributed by atoms with Crippen LogP contribution in [0.25, 0.3) is 0 Å². The van der Waals surface area contributed by atoms with Gasteiger partial charge in [0, 0.05) is 34.7 Å². The Bertz CT molecular complexity index is 1430. The highest BCUT2D eigenvalue weighted by atomic mass is 35.5. The molecule has 1 aliphatic carbocycles. The van der Waals surface area contributed by atoms with Gasteiger partial charge in [-0.3, -0.25) is 8.98 Å². The third kappa shape index (κ3) is 6.23. The predicted molar refractivity (Wildman–Crippen MR) is 143 cm³/mol. The van der Waals surface area contributed by atoms with Gasteiger partial charge in [0.2, 0.25) is 5.78 Å². The number of hydrogen-bond acceptors (Lipinski definition) is 10. The second-order valence-electron chi connectivity index (χ2n) is 9.43. The van der Waals surface area contributed by atoms with E-state index in [1.165, 1.54) is 29.4 Å². The molecule has 202 valence electrons. The van der Waals surface area contributed by atoms with E-state index >= 15 is 0 Å². The molecule has 0 spiro atoms. The summed E-state index contributed by atoms with van der Waals surface area (Å²) in [6, 6.07) is 9.27.